The van der Waals surface area contributed by atoms with E-state index >= 15 is 0 Å². The molecular weight excluding hydrogens is 424 g/mol. The molecule has 6 heteroatoms. The summed E-state index contributed by atoms with van der Waals surface area (Å²) in [5, 5.41) is 0. The van der Waals surface area contributed by atoms with Crippen LogP contribution in [0.25, 0.3) is 11.0 Å². The number of benzene rings is 2. The van der Waals surface area contributed by atoms with Crippen LogP contribution >= 0.6 is 0 Å². The second kappa shape index (κ2) is 10.00. The molecule has 1 atom stereocenters. The highest BCUT2D eigenvalue weighted by Crippen LogP contribution is 2.33. The van der Waals surface area contributed by atoms with Crippen LogP contribution in [-0.2, 0) is 22.6 Å². The largest absolute Gasteiger partial charge is 0.343 e. The van der Waals surface area contributed by atoms with Gasteiger partial charge in [0.1, 0.15) is 5.82 Å². The number of aryl methyl sites for hydroxylation is 2. The maximum absolute atomic E-state index is 13.0. The number of rotatable bonds is 6. The SMILES string of the molecule is CCc1ccc(N2CC(c3nc4ccccc4n3CCC(=O)N3CCCCCC3)CC2=O)cc1. The zero-order valence-corrected chi connectivity index (χ0v) is 20.1. The van der Waals surface area contributed by atoms with Gasteiger partial charge in [0.15, 0.2) is 0 Å². The van der Waals surface area contributed by atoms with Gasteiger partial charge < -0.3 is 14.4 Å². The molecule has 2 aliphatic heterocycles. The minimum Gasteiger partial charge on any atom is -0.343 e. The minimum atomic E-state index is 0.0130. The molecule has 0 aliphatic carbocycles. The van der Waals surface area contributed by atoms with Crippen LogP contribution in [0.2, 0.25) is 0 Å². The molecule has 5 rings (SSSR count). The molecule has 0 radical (unpaired) electrons. The maximum Gasteiger partial charge on any atom is 0.227 e. The maximum atomic E-state index is 13.0. The fourth-order valence-corrected chi connectivity index (χ4v) is 5.37. The first-order valence-electron chi connectivity index (χ1n) is 12.8. The summed E-state index contributed by atoms with van der Waals surface area (Å²) in [4.78, 5) is 34.8. The van der Waals surface area contributed by atoms with Crippen molar-refractivity contribution in [3.05, 3.63) is 59.9 Å². The van der Waals surface area contributed by atoms with Crippen LogP contribution in [0, 0.1) is 0 Å². The Morgan fingerprint density at radius 3 is 2.47 bits per heavy atom. The number of anilines is 1. The summed E-state index contributed by atoms with van der Waals surface area (Å²) in [5.74, 6) is 1.30. The van der Waals surface area contributed by atoms with E-state index in [4.69, 9.17) is 4.98 Å². The summed E-state index contributed by atoms with van der Waals surface area (Å²) in [5.41, 5.74) is 4.18. The fourth-order valence-electron chi connectivity index (χ4n) is 5.37. The highest BCUT2D eigenvalue weighted by atomic mass is 16.2. The van der Waals surface area contributed by atoms with Gasteiger partial charge in [0.25, 0.3) is 0 Å². The molecule has 1 aromatic heterocycles. The van der Waals surface area contributed by atoms with E-state index in [9.17, 15) is 9.59 Å². The number of imidazole rings is 1. The summed E-state index contributed by atoms with van der Waals surface area (Å²) in [7, 11) is 0. The average Bonchev–Trinajstić information content (AvgIpc) is 3.30. The van der Waals surface area contributed by atoms with Crippen LogP contribution in [0.1, 0.15) is 62.8 Å². The predicted octanol–water partition coefficient (Wildman–Crippen LogP) is 4.91. The van der Waals surface area contributed by atoms with Crippen LogP contribution in [0.4, 0.5) is 5.69 Å². The number of fused-ring (bicyclic) bond motifs is 1. The molecule has 0 N–H and O–H groups in total. The van der Waals surface area contributed by atoms with Gasteiger partial charge in [-0.15, -0.1) is 0 Å². The Balaban J connectivity index is 1.37. The molecule has 3 aromatic rings. The molecular formula is C28H34N4O2. The molecule has 2 fully saturated rings. The molecule has 34 heavy (non-hydrogen) atoms. The number of carbonyl (C=O) groups excluding carboxylic acids is 2. The van der Waals surface area contributed by atoms with E-state index in [0.29, 0.717) is 25.9 Å². The lowest BCUT2D eigenvalue weighted by molar-refractivity contribution is -0.131. The van der Waals surface area contributed by atoms with E-state index in [1.807, 2.05) is 40.1 Å². The first-order valence-corrected chi connectivity index (χ1v) is 12.8. The minimum absolute atomic E-state index is 0.0130. The summed E-state index contributed by atoms with van der Waals surface area (Å²) >= 11 is 0. The Hall–Kier alpha value is -3.15. The number of para-hydroxylation sites is 2. The highest BCUT2D eigenvalue weighted by Gasteiger charge is 2.35. The van der Waals surface area contributed by atoms with Gasteiger partial charge in [-0.05, 0) is 49.1 Å². The van der Waals surface area contributed by atoms with Crippen molar-refractivity contribution in [2.24, 2.45) is 0 Å². The average molecular weight is 459 g/mol. The monoisotopic (exact) mass is 458 g/mol. The first-order chi connectivity index (χ1) is 16.6. The lowest BCUT2D eigenvalue weighted by Crippen LogP contribution is -2.32. The summed E-state index contributed by atoms with van der Waals surface area (Å²) in [6.07, 6.45) is 6.53. The molecule has 178 valence electrons. The second-order valence-corrected chi connectivity index (χ2v) is 9.58. The third-order valence-corrected chi connectivity index (χ3v) is 7.34. The second-order valence-electron chi connectivity index (χ2n) is 9.58. The van der Waals surface area contributed by atoms with Gasteiger partial charge in [-0.2, -0.15) is 0 Å². The standard InChI is InChI=1S/C28H34N4O2/c1-2-21-11-13-23(14-12-21)32-20-22(19-27(32)34)28-29-24-9-5-6-10-25(24)31(28)18-15-26(33)30-16-7-3-4-8-17-30/h5-6,9-14,22H,2-4,7-8,15-20H2,1H3. The van der Waals surface area contributed by atoms with E-state index in [1.165, 1.54) is 18.4 Å². The molecule has 0 saturated carbocycles. The van der Waals surface area contributed by atoms with Gasteiger partial charge in [0, 0.05) is 50.6 Å². The topological polar surface area (TPSA) is 58.4 Å². The Kier molecular flexibility index (Phi) is 6.66. The van der Waals surface area contributed by atoms with Crippen molar-refractivity contribution in [1.82, 2.24) is 14.5 Å². The summed E-state index contributed by atoms with van der Waals surface area (Å²) < 4.78 is 2.19. The van der Waals surface area contributed by atoms with Gasteiger partial charge in [-0.25, -0.2) is 4.98 Å². The van der Waals surface area contributed by atoms with Gasteiger partial charge in [-0.1, -0.05) is 44.0 Å². The highest BCUT2D eigenvalue weighted by molar-refractivity contribution is 5.96. The third kappa shape index (κ3) is 4.59. The zero-order chi connectivity index (χ0) is 23.5. The van der Waals surface area contributed by atoms with Crippen molar-refractivity contribution >= 4 is 28.5 Å². The van der Waals surface area contributed by atoms with E-state index in [-0.39, 0.29) is 17.7 Å². The fraction of sp³-hybridized carbons (Fsp3) is 0.464. The van der Waals surface area contributed by atoms with E-state index in [0.717, 1.165) is 54.9 Å². The Labute approximate surface area is 201 Å². The number of amides is 2. The van der Waals surface area contributed by atoms with Crippen molar-refractivity contribution < 1.29 is 9.59 Å². The van der Waals surface area contributed by atoms with Crippen molar-refractivity contribution in [3.63, 3.8) is 0 Å². The Morgan fingerprint density at radius 1 is 1.00 bits per heavy atom. The van der Waals surface area contributed by atoms with Crippen molar-refractivity contribution in [2.75, 3.05) is 24.5 Å². The lowest BCUT2D eigenvalue weighted by atomic mass is 10.1. The molecule has 2 amide bonds. The van der Waals surface area contributed by atoms with Gasteiger partial charge in [0.2, 0.25) is 11.8 Å². The number of aromatic nitrogens is 2. The molecule has 2 saturated heterocycles. The van der Waals surface area contributed by atoms with Crippen LogP contribution in [0.15, 0.2) is 48.5 Å². The third-order valence-electron chi connectivity index (χ3n) is 7.34. The van der Waals surface area contributed by atoms with Gasteiger partial charge in [-0.3, -0.25) is 9.59 Å². The van der Waals surface area contributed by atoms with Crippen molar-refractivity contribution in [1.29, 1.82) is 0 Å². The number of nitrogens with zero attached hydrogens (tertiary/aromatic N) is 4. The number of carbonyl (C=O) groups is 2. The molecule has 2 aromatic carbocycles. The molecule has 1 unspecified atom stereocenters. The Morgan fingerprint density at radius 2 is 1.74 bits per heavy atom. The lowest BCUT2D eigenvalue weighted by Gasteiger charge is -2.21. The number of likely N-dealkylation sites (tertiary alicyclic amines) is 1. The zero-order valence-electron chi connectivity index (χ0n) is 20.1. The molecule has 6 nitrogen and oxygen atoms in total. The number of hydrogen-bond acceptors (Lipinski definition) is 3. The molecule has 2 aliphatic rings. The van der Waals surface area contributed by atoms with Crippen LogP contribution in [0.5, 0.6) is 0 Å². The normalized spacial score (nSPS) is 19.1. The van der Waals surface area contributed by atoms with E-state index in [2.05, 4.69) is 29.7 Å². The van der Waals surface area contributed by atoms with Gasteiger partial charge >= 0.3 is 0 Å². The van der Waals surface area contributed by atoms with Crippen molar-refractivity contribution in [2.45, 2.75) is 64.3 Å². The van der Waals surface area contributed by atoms with E-state index < -0.39 is 0 Å². The van der Waals surface area contributed by atoms with Crippen molar-refractivity contribution in [3.8, 4) is 0 Å². The molecule has 3 heterocycles. The molecule has 0 spiro atoms. The Bertz CT molecular complexity index is 1160. The predicted molar refractivity (Wildman–Crippen MR) is 135 cm³/mol. The van der Waals surface area contributed by atoms with Crippen LogP contribution < -0.4 is 4.90 Å². The number of hydrogen-bond donors (Lipinski definition) is 0. The smallest absolute Gasteiger partial charge is 0.227 e. The quantitative estimate of drug-likeness (QED) is 0.527. The first kappa shape index (κ1) is 22.6. The summed E-state index contributed by atoms with van der Waals surface area (Å²) in [6.45, 7) is 5.10. The summed E-state index contributed by atoms with van der Waals surface area (Å²) in [6, 6.07) is 16.4. The van der Waals surface area contributed by atoms with E-state index in [1.54, 1.807) is 0 Å². The van der Waals surface area contributed by atoms with Crippen LogP contribution in [0.3, 0.4) is 0 Å². The molecule has 0 bridgehead atoms. The van der Waals surface area contributed by atoms with Gasteiger partial charge in [0.05, 0.1) is 11.0 Å². The van der Waals surface area contributed by atoms with Crippen LogP contribution in [-0.4, -0.2) is 45.9 Å².